The van der Waals surface area contributed by atoms with Crippen molar-refractivity contribution in [1.29, 1.82) is 0 Å². The van der Waals surface area contributed by atoms with Crippen LogP contribution in [0.15, 0.2) is 85.3 Å². The zero-order valence-corrected chi connectivity index (χ0v) is 17.7. The third-order valence-corrected chi connectivity index (χ3v) is 5.22. The maximum absolute atomic E-state index is 13.0. The lowest BCUT2D eigenvalue weighted by molar-refractivity contribution is -0.123. The first kappa shape index (κ1) is 21.1. The molecule has 32 heavy (non-hydrogen) atoms. The van der Waals surface area contributed by atoms with Crippen LogP contribution >= 0.6 is 0 Å². The van der Waals surface area contributed by atoms with Gasteiger partial charge in [0.1, 0.15) is 11.8 Å². The van der Waals surface area contributed by atoms with Crippen molar-refractivity contribution in [2.75, 3.05) is 13.7 Å². The van der Waals surface area contributed by atoms with Crippen LogP contribution in [0, 0.1) is 0 Å². The van der Waals surface area contributed by atoms with Gasteiger partial charge >= 0.3 is 0 Å². The number of carbonyl (C=O) groups excluding carboxylic acids is 2. The molecule has 162 valence electrons. The lowest BCUT2D eigenvalue weighted by atomic mass is 10.1. The van der Waals surface area contributed by atoms with Gasteiger partial charge in [0.2, 0.25) is 5.91 Å². The number of benzene rings is 2. The highest BCUT2D eigenvalue weighted by Gasteiger charge is 2.23. The van der Waals surface area contributed by atoms with Crippen molar-refractivity contribution < 1.29 is 14.3 Å². The molecule has 0 spiro atoms. The van der Waals surface area contributed by atoms with E-state index >= 15 is 0 Å². The third kappa shape index (κ3) is 4.78. The molecule has 2 N–H and O–H groups in total. The number of nitrogens with zero attached hydrogens (tertiary/aromatic N) is 2. The van der Waals surface area contributed by atoms with E-state index in [1.807, 2.05) is 60.8 Å². The first-order valence-corrected chi connectivity index (χ1v) is 10.3. The van der Waals surface area contributed by atoms with E-state index < -0.39 is 6.04 Å². The Morgan fingerprint density at radius 3 is 2.66 bits per heavy atom. The van der Waals surface area contributed by atoms with Crippen molar-refractivity contribution in [3.8, 4) is 5.75 Å². The molecule has 0 bridgehead atoms. The van der Waals surface area contributed by atoms with Gasteiger partial charge in [0.05, 0.1) is 12.7 Å². The van der Waals surface area contributed by atoms with Crippen LogP contribution in [0.3, 0.4) is 0 Å². The Bertz CT molecular complexity index is 1210. The molecule has 0 aliphatic heterocycles. The number of ether oxygens (including phenoxy) is 1. The molecule has 2 amide bonds. The molecule has 0 saturated heterocycles. The molecular formula is C25H24N4O3. The molecule has 2 heterocycles. The van der Waals surface area contributed by atoms with Crippen molar-refractivity contribution in [2.45, 2.75) is 12.6 Å². The van der Waals surface area contributed by atoms with Crippen LogP contribution in [-0.4, -0.2) is 35.0 Å². The van der Waals surface area contributed by atoms with Crippen LogP contribution in [-0.2, 0) is 11.3 Å². The molecule has 0 aliphatic rings. The average Bonchev–Trinajstić information content (AvgIpc) is 3.25. The van der Waals surface area contributed by atoms with E-state index in [-0.39, 0.29) is 11.8 Å². The summed E-state index contributed by atoms with van der Waals surface area (Å²) in [6, 6.07) is 19.6. The fraction of sp³-hybridized carbons (Fsp3) is 0.160. The maximum atomic E-state index is 13.0. The average molecular weight is 428 g/mol. The summed E-state index contributed by atoms with van der Waals surface area (Å²) in [7, 11) is 1.64. The molecule has 0 aliphatic carbocycles. The summed E-state index contributed by atoms with van der Waals surface area (Å²) in [6.45, 7) is 1.01. The van der Waals surface area contributed by atoms with Crippen LogP contribution in [0.25, 0.3) is 10.9 Å². The highest BCUT2D eigenvalue weighted by molar-refractivity contribution is 5.97. The van der Waals surface area contributed by atoms with E-state index in [2.05, 4.69) is 20.2 Å². The maximum Gasteiger partial charge on any atom is 0.253 e. The van der Waals surface area contributed by atoms with Gasteiger partial charge in [-0.15, -0.1) is 0 Å². The summed E-state index contributed by atoms with van der Waals surface area (Å²) in [6.07, 6.45) is 5.05. The largest absolute Gasteiger partial charge is 0.497 e. The van der Waals surface area contributed by atoms with Gasteiger partial charge in [0, 0.05) is 42.6 Å². The molecule has 0 fully saturated rings. The second-order valence-corrected chi connectivity index (χ2v) is 7.28. The number of hydrogen-bond acceptors (Lipinski definition) is 4. The molecule has 0 unspecified atom stereocenters. The highest BCUT2D eigenvalue weighted by atomic mass is 16.5. The summed E-state index contributed by atoms with van der Waals surface area (Å²) in [4.78, 5) is 29.6. The minimum Gasteiger partial charge on any atom is -0.497 e. The standard InChI is InChI=1S/C25H24N4O3/c1-32-21-9-10-22-19(16-21)11-14-29(22)15-13-27-25(31)23(18-6-3-2-4-7-18)28-24(30)20-8-5-12-26-17-20/h2-12,14,16-17,23H,13,15H2,1H3,(H,27,31)(H,28,30)/t23-/m0/s1. The summed E-state index contributed by atoms with van der Waals surface area (Å²) in [5.74, 6) is 0.178. The van der Waals surface area contributed by atoms with Gasteiger partial charge in [-0.05, 0) is 42.0 Å². The van der Waals surface area contributed by atoms with Crippen molar-refractivity contribution >= 4 is 22.7 Å². The van der Waals surface area contributed by atoms with E-state index in [1.165, 1.54) is 6.20 Å². The molecular weight excluding hydrogens is 404 g/mol. The fourth-order valence-electron chi connectivity index (χ4n) is 3.56. The Balaban J connectivity index is 1.44. The number of pyridine rings is 1. The number of nitrogens with one attached hydrogen (secondary N) is 2. The summed E-state index contributed by atoms with van der Waals surface area (Å²) >= 11 is 0. The van der Waals surface area contributed by atoms with Crippen molar-refractivity contribution in [3.05, 3.63) is 96.4 Å². The summed E-state index contributed by atoms with van der Waals surface area (Å²) in [5.41, 5.74) is 2.17. The zero-order chi connectivity index (χ0) is 22.3. The van der Waals surface area contributed by atoms with Gasteiger partial charge in [0.15, 0.2) is 0 Å². The first-order chi connectivity index (χ1) is 15.7. The van der Waals surface area contributed by atoms with Crippen molar-refractivity contribution in [2.24, 2.45) is 0 Å². The second-order valence-electron chi connectivity index (χ2n) is 7.28. The monoisotopic (exact) mass is 428 g/mol. The molecule has 7 nitrogen and oxygen atoms in total. The topological polar surface area (TPSA) is 85.2 Å². The number of aromatic nitrogens is 2. The molecule has 4 rings (SSSR count). The molecule has 0 radical (unpaired) electrons. The van der Waals surface area contributed by atoms with Crippen molar-refractivity contribution in [1.82, 2.24) is 20.2 Å². The van der Waals surface area contributed by atoms with Crippen LogP contribution in [0.1, 0.15) is 22.0 Å². The van der Waals surface area contributed by atoms with E-state index in [4.69, 9.17) is 4.74 Å². The SMILES string of the molecule is COc1ccc2c(ccn2CCNC(=O)[C@@H](NC(=O)c2cccnc2)c2ccccc2)c1. The summed E-state index contributed by atoms with van der Waals surface area (Å²) < 4.78 is 7.34. The van der Waals surface area contributed by atoms with E-state index in [0.717, 1.165) is 16.7 Å². The van der Waals surface area contributed by atoms with Crippen LogP contribution < -0.4 is 15.4 Å². The Labute approximate surface area is 186 Å². The van der Waals surface area contributed by atoms with Gasteiger partial charge in [0.25, 0.3) is 5.91 Å². The number of amides is 2. The molecule has 4 aromatic rings. The predicted octanol–water partition coefficient (Wildman–Crippen LogP) is 3.33. The lowest BCUT2D eigenvalue weighted by Crippen LogP contribution is -2.41. The highest BCUT2D eigenvalue weighted by Crippen LogP contribution is 2.21. The van der Waals surface area contributed by atoms with Crippen LogP contribution in [0.2, 0.25) is 0 Å². The number of methoxy groups -OCH3 is 1. The molecule has 0 saturated carbocycles. The molecule has 2 aromatic heterocycles. The van der Waals surface area contributed by atoms with E-state index in [0.29, 0.717) is 24.2 Å². The number of rotatable bonds is 8. The van der Waals surface area contributed by atoms with Gasteiger partial charge in [-0.3, -0.25) is 14.6 Å². The van der Waals surface area contributed by atoms with Gasteiger partial charge in [-0.25, -0.2) is 0 Å². The number of carbonyl (C=O) groups is 2. The normalized spacial score (nSPS) is 11.7. The number of hydrogen-bond donors (Lipinski definition) is 2. The third-order valence-electron chi connectivity index (χ3n) is 5.22. The Morgan fingerprint density at radius 2 is 1.91 bits per heavy atom. The predicted molar refractivity (Wildman–Crippen MR) is 122 cm³/mol. The minimum atomic E-state index is -0.811. The smallest absolute Gasteiger partial charge is 0.253 e. The Hall–Kier alpha value is -4.13. The van der Waals surface area contributed by atoms with E-state index in [1.54, 1.807) is 25.4 Å². The second kappa shape index (κ2) is 9.78. The fourth-order valence-corrected chi connectivity index (χ4v) is 3.56. The van der Waals surface area contributed by atoms with Gasteiger partial charge < -0.3 is 19.9 Å². The van der Waals surface area contributed by atoms with Gasteiger partial charge in [-0.2, -0.15) is 0 Å². The molecule has 1 atom stereocenters. The lowest BCUT2D eigenvalue weighted by Gasteiger charge is -2.19. The number of fused-ring (bicyclic) bond motifs is 1. The zero-order valence-electron chi connectivity index (χ0n) is 17.7. The van der Waals surface area contributed by atoms with E-state index in [9.17, 15) is 9.59 Å². The minimum absolute atomic E-state index is 0.272. The van der Waals surface area contributed by atoms with Crippen LogP contribution in [0.5, 0.6) is 5.75 Å². The summed E-state index contributed by atoms with van der Waals surface area (Å²) in [5, 5.41) is 6.84. The molecule has 7 heteroatoms. The van der Waals surface area contributed by atoms with Gasteiger partial charge in [-0.1, -0.05) is 30.3 Å². The van der Waals surface area contributed by atoms with Crippen molar-refractivity contribution in [3.63, 3.8) is 0 Å². The Kier molecular flexibility index (Phi) is 6.46. The first-order valence-electron chi connectivity index (χ1n) is 10.3. The molecule has 2 aromatic carbocycles. The Morgan fingerprint density at radius 1 is 1.06 bits per heavy atom. The van der Waals surface area contributed by atoms with Crippen LogP contribution in [0.4, 0.5) is 0 Å². The quantitative estimate of drug-likeness (QED) is 0.451.